The van der Waals surface area contributed by atoms with Crippen molar-refractivity contribution in [2.45, 2.75) is 13.3 Å². The minimum Gasteiger partial charge on any atom is -0.493 e. The minimum atomic E-state index is 0.271. The Bertz CT molecular complexity index is 1100. The van der Waals surface area contributed by atoms with E-state index in [4.69, 9.17) is 14.2 Å². The Kier molecular flexibility index (Phi) is 5.40. The van der Waals surface area contributed by atoms with Crippen LogP contribution >= 0.6 is 15.9 Å². The highest BCUT2D eigenvalue weighted by Gasteiger charge is 2.15. The van der Waals surface area contributed by atoms with Gasteiger partial charge in [-0.1, -0.05) is 24.3 Å². The molecule has 2 aromatic carbocycles. The van der Waals surface area contributed by atoms with E-state index in [0.717, 1.165) is 33.5 Å². The molecular formula is C22H20BrN3O3. The molecule has 0 radical (unpaired) electrons. The van der Waals surface area contributed by atoms with E-state index in [1.807, 2.05) is 31.2 Å². The smallest absolute Gasteiger partial charge is 0.323 e. The van der Waals surface area contributed by atoms with Crippen molar-refractivity contribution in [3.8, 4) is 23.3 Å². The van der Waals surface area contributed by atoms with Crippen LogP contribution in [0.2, 0.25) is 0 Å². The quantitative estimate of drug-likeness (QED) is 0.518. The minimum absolute atomic E-state index is 0.271. The Hall–Kier alpha value is -3.06. The molecule has 1 heterocycles. The van der Waals surface area contributed by atoms with Gasteiger partial charge in [-0.05, 0) is 52.5 Å². The lowest BCUT2D eigenvalue weighted by Crippen LogP contribution is -2.01. The number of rotatable bonds is 6. The van der Waals surface area contributed by atoms with Crippen molar-refractivity contribution in [2.24, 2.45) is 0 Å². The molecule has 1 aromatic heterocycles. The van der Waals surface area contributed by atoms with Crippen molar-refractivity contribution >= 4 is 33.5 Å². The van der Waals surface area contributed by atoms with Crippen LogP contribution in [0.3, 0.4) is 0 Å². The number of nitrogens with zero attached hydrogens (tertiary/aromatic N) is 2. The van der Waals surface area contributed by atoms with Crippen LogP contribution < -0.4 is 19.5 Å². The van der Waals surface area contributed by atoms with Crippen molar-refractivity contribution in [1.29, 1.82) is 0 Å². The highest BCUT2D eigenvalue weighted by molar-refractivity contribution is 9.10. The number of halogens is 1. The third-order valence-electron chi connectivity index (χ3n) is 4.64. The summed E-state index contributed by atoms with van der Waals surface area (Å²) in [6.45, 7) is 1.96. The Balaban J connectivity index is 1.62. The van der Waals surface area contributed by atoms with Gasteiger partial charge in [-0.2, -0.15) is 4.98 Å². The van der Waals surface area contributed by atoms with E-state index >= 15 is 0 Å². The van der Waals surface area contributed by atoms with E-state index in [2.05, 4.69) is 49.4 Å². The first-order valence-electron chi connectivity index (χ1n) is 9.07. The average Bonchev–Trinajstić information content (AvgIpc) is 3.20. The van der Waals surface area contributed by atoms with Crippen molar-refractivity contribution < 1.29 is 14.2 Å². The second kappa shape index (κ2) is 8.13. The molecule has 1 aliphatic carbocycles. The van der Waals surface area contributed by atoms with Gasteiger partial charge in [0.1, 0.15) is 5.75 Å². The van der Waals surface area contributed by atoms with Crippen LogP contribution in [-0.2, 0) is 6.42 Å². The van der Waals surface area contributed by atoms with Gasteiger partial charge in [0.15, 0.2) is 17.3 Å². The fourth-order valence-electron chi connectivity index (χ4n) is 3.31. The largest absolute Gasteiger partial charge is 0.493 e. The molecule has 0 atom stereocenters. The number of hydrogen-bond donors (Lipinski definition) is 1. The fourth-order valence-corrected chi connectivity index (χ4v) is 3.60. The van der Waals surface area contributed by atoms with E-state index in [-0.39, 0.29) is 6.01 Å². The summed E-state index contributed by atoms with van der Waals surface area (Å²) in [7, 11) is 3.24. The third-order valence-corrected chi connectivity index (χ3v) is 5.22. The molecule has 148 valence electrons. The first kappa shape index (κ1) is 19.3. The number of ether oxygens (including phenoxy) is 3. The summed E-state index contributed by atoms with van der Waals surface area (Å²) in [5.41, 5.74) is 4.07. The van der Waals surface area contributed by atoms with Gasteiger partial charge in [0.05, 0.1) is 24.9 Å². The molecule has 29 heavy (non-hydrogen) atoms. The van der Waals surface area contributed by atoms with Crippen molar-refractivity contribution in [3.63, 3.8) is 0 Å². The summed E-state index contributed by atoms with van der Waals surface area (Å²) in [5, 5.41) is 3.29. The van der Waals surface area contributed by atoms with E-state index in [9.17, 15) is 0 Å². The normalized spacial score (nSPS) is 11.9. The highest BCUT2D eigenvalue weighted by Crippen LogP contribution is 2.36. The Morgan fingerprint density at radius 3 is 2.76 bits per heavy atom. The van der Waals surface area contributed by atoms with Gasteiger partial charge in [0, 0.05) is 17.3 Å². The molecule has 7 heteroatoms. The molecular weight excluding hydrogens is 434 g/mol. The molecule has 0 fully saturated rings. The zero-order valence-electron chi connectivity index (χ0n) is 16.3. The molecule has 1 aliphatic rings. The number of benzene rings is 2. The van der Waals surface area contributed by atoms with Gasteiger partial charge in [-0.3, -0.25) is 0 Å². The van der Waals surface area contributed by atoms with E-state index < -0.39 is 0 Å². The van der Waals surface area contributed by atoms with Crippen LogP contribution in [0.25, 0.3) is 6.08 Å². The van der Waals surface area contributed by atoms with Gasteiger partial charge in [0.2, 0.25) is 0 Å². The van der Waals surface area contributed by atoms with Gasteiger partial charge in [0.25, 0.3) is 0 Å². The van der Waals surface area contributed by atoms with E-state index in [1.54, 1.807) is 20.4 Å². The number of nitrogens with one attached hydrogen (secondary N) is 1. The van der Waals surface area contributed by atoms with Crippen LogP contribution in [0, 0.1) is 6.92 Å². The van der Waals surface area contributed by atoms with Crippen LogP contribution in [-0.4, -0.2) is 24.2 Å². The number of hydrogen-bond acceptors (Lipinski definition) is 6. The topological polar surface area (TPSA) is 65.5 Å². The van der Waals surface area contributed by atoms with Gasteiger partial charge < -0.3 is 19.5 Å². The second-order valence-corrected chi connectivity index (χ2v) is 7.39. The predicted molar refractivity (Wildman–Crippen MR) is 117 cm³/mol. The van der Waals surface area contributed by atoms with Crippen molar-refractivity contribution in [1.82, 2.24) is 9.97 Å². The summed E-state index contributed by atoms with van der Waals surface area (Å²) in [4.78, 5) is 8.83. The maximum absolute atomic E-state index is 5.99. The van der Waals surface area contributed by atoms with Gasteiger partial charge in [-0.15, -0.1) is 0 Å². The number of aryl methyl sites for hydroxylation is 1. The standard InChI is InChI=1S/C22H20BrN3O3/c1-13-10-15(11-19(27-2)20(13)28-3)25-21-17(23)12-24-22(26-21)29-18-9-5-7-14-6-4-8-16(14)18/h4-7,9-12H,8H2,1-3H3,(H,24,25,26). The van der Waals surface area contributed by atoms with E-state index in [1.165, 1.54) is 5.56 Å². The molecule has 0 spiro atoms. The SMILES string of the molecule is COc1cc(Nc2nc(Oc3cccc4c3CC=C4)ncc2Br)cc(C)c1OC. The number of methoxy groups -OCH3 is 2. The summed E-state index contributed by atoms with van der Waals surface area (Å²) in [6.07, 6.45) is 6.72. The summed E-state index contributed by atoms with van der Waals surface area (Å²) in [5.74, 6) is 2.70. The lowest BCUT2D eigenvalue weighted by Gasteiger charge is -2.15. The predicted octanol–water partition coefficient (Wildman–Crippen LogP) is 5.67. The molecule has 1 N–H and O–H groups in total. The number of anilines is 2. The van der Waals surface area contributed by atoms with Gasteiger partial charge in [-0.25, -0.2) is 4.98 Å². The van der Waals surface area contributed by atoms with Crippen LogP contribution in [0.5, 0.6) is 23.3 Å². The maximum atomic E-state index is 5.99. The van der Waals surface area contributed by atoms with Crippen molar-refractivity contribution in [3.05, 3.63) is 63.8 Å². The summed E-state index contributed by atoms with van der Waals surface area (Å²) in [6, 6.07) is 10.1. The summed E-state index contributed by atoms with van der Waals surface area (Å²) >= 11 is 3.50. The molecule has 0 bridgehead atoms. The number of allylic oxidation sites excluding steroid dienone is 1. The lowest BCUT2D eigenvalue weighted by molar-refractivity contribution is 0.353. The summed E-state index contributed by atoms with van der Waals surface area (Å²) < 4.78 is 17.5. The lowest BCUT2D eigenvalue weighted by atomic mass is 10.1. The number of fused-ring (bicyclic) bond motifs is 1. The molecule has 0 saturated carbocycles. The highest BCUT2D eigenvalue weighted by atomic mass is 79.9. The van der Waals surface area contributed by atoms with Crippen molar-refractivity contribution in [2.75, 3.05) is 19.5 Å². The van der Waals surface area contributed by atoms with Gasteiger partial charge >= 0.3 is 6.01 Å². The molecule has 0 unspecified atom stereocenters. The maximum Gasteiger partial charge on any atom is 0.323 e. The third kappa shape index (κ3) is 3.91. The first-order valence-corrected chi connectivity index (χ1v) is 9.87. The second-order valence-electron chi connectivity index (χ2n) is 6.54. The van der Waals surface area contributed by atoms with Crippen LogP contribution in [0.4, 0.5) is 11.5 Å². The van der Waals surface area contributed by atoms with Crippen LogP contribution in [0.15, 0.2) is 47.1 Å². The monoisotopic (exact) mass is 453 g/mol. The Morgan fingerprint density at radius 1 is 1.10 bits per heavy atom. The Labute approximate surface area is 177 Å². The number of aromatic nitrogens is 2. The molecule has 3 aromatic rings. The fraction of sp³-hybridized carbons (Fsp3) is 0.182. The zero-order chi connectivity index (χ0) is 20.4. The molecule has 0 saturated heterocycles. The molecule has 4 rings (SSSR count). The first-order chi connectivity index (χ1) is 14.1. The molecule has 0 aliphatic heterocycles. The van der Waals surface area contributed by atoms with E-state index in [0.29, 0.717) is 17.3 Å². The molecule has 0 amide bonds. The van der Waals surface area contributed by atoms with Crippen LogP contribution in [0.1, 0.15) is 16.7 Å². The average molecular weight is 454 g/mol. The molecule has 6 nitrogen and oxygen atoms in total. The zero-order valence-corrected chi connectivity index (χ0v) is 17.9. The Morgan fingerprint density at radius 2 is 1.97 bits per heavy atom.